The lowest BCUT2D eigenvalue weighted by Gasteiger charge is -2.10. The second kappa shape index (κ2) is 8.41. The summed E-state index contributed by atoms with van der Waals surface area (Å²) >= 11 is 0. The number of ether oxygens (including phenoxy) is 1. The minimum Gasteiger partial charge on any atom is -0.501 e. The van der Waals surface area contributed by atoms with Gasteiger partial charge < -0.3 is 4.74 Å². The molecule has 1 rings (SSSR count). The van der Waals surface area contributed by atoms with Gasteiger partial charge in [-0.15, -0.1) is 0 Å². The first-order valence-electron chi connectivity index (χ1n) is 7.38. The van der Waals surface area contributed by atoms with E-state index in [2.05, 4.69) is 0 Å². The molecule has 0 unspecified atom stereocenters. The first-order valence-corrected chi connectivity index (χ1v) is 7.38. The standard InChI is InChI=1S/C16H16F3NO5/c1-3-5-14(21)12(9-25-4-2)15(22)11-7-6-10(16(17,18)19)8-13(11)20(23)24/h6-9H,3-5H2,1-2H3/b12-9-. The van der Waals surface area contributed by atoms with Crippen molar-refractivity contribution in [1.29, 1.82) is 0 Å². The summed E-state index contributed by atoms with van der Waals surface area (Å²) in [5, 5.41) is 11.1. The third kappa shape index (κ3) is 5.13. The third-order valence-corrected chi connectivity index (χ3v) is 3.16. The smallest absolute Gasteiger partial charge is 0.416 e. The second-order valence-electron chi connectivity index (χ2n) is 4.98. The van der Waals surface area contributed by atoms with Gasteiger partial charge in [-0.1, -0.05) is 6.92 Å². The summed E-state index contributed by atoms with van der Waals surface area (Å²) in [5.41, 5.74) is -3.32. The van der Waals surface area contributed by atoms with Crippen molar-refractivity contribution in [2.45, 2.75) is 32.9 Å². The number of carbonyl (C=O) groups excluding carboxylic acids is 2. The van der Waals surface area contributed by atoms with Crippen molar-refractivity contribution in [2.24, 2.45) is 0 Å². The van der Waals surface area contributed by atoms with E-state index in [1.54, 1.807) is 13.8 Å². The molecule has 0 heterocycles. The fourth-order valence-electron chi connectivity index (χ4n) is 1.97. The van der Waals surface area contributed by atoms with Crippen LogP contribution in [0.25, 0.3) is 0 Å². The normalized spacial score (nSPS) is 12.0. The molecule has 0 aliphatic heterocycles. The van der Waals surface area contributed by atoms with E-state index < -0.39 is 45.1 Å². The molecule has 0 fully saturated rings. The van der Waals surface area contributed by atoms with Crippen molar-refractivity contribution in [3.05, 3.63) is 51.3 Å². The largest absolute Gasteiger partial charge is 0.501 e. The van der Waals surface area contributed by atoms with E-state index in [0.717, 1.165) is 6.26 Å². The molecule has 0 aromatic heterocycles. The number of hydrogen-bond donors (Lipinski definition) is 0. The molecule has 6 nitrogen and oxygen atoms in total. The number of Topliss-reactive ketones (excluding diaryl/α,β-unsaturated/α-hetero) is 2. The Morgan fingerprint density at radius 2 is 1.92 bits per heavy atom. The van der Waals surface area contributed by atoms with E-state index in [0.29, 0.717) is 18.6 Å². The van der Waals surface area contributed by atoms with E-state index in [1.165, 1.54) is 0 Å². The number of alkyl halides is 3. The number of benzene rings is 1. The lowest BCUT2D eigenvalue weighted by Crippen LogP contribution is -2.16. The fourth-order valence-corrected chi connectivity index (χ4v) is 1.97. The van der Waals surface area contributed by atoms with E-state index in [4.69, 9.17) is 4.74 Å². The van der Waals surface area contributed by atoms with Crippen LogP contribution >= 0.6 is 0 Å². The molecule has 0 bridgehead atoms. The maximum absolute atomic E-state index is 12.7. The summed E-state index contributed by atoms with van der Waals surface area (Å²) < 4.78 is 43.1. The molecular formula is C16H16F3NO5. The third-order valence-electron chi connectivity index (χ3n) is 3.16. The zero-order valence-corrected chi connectivity index (χ0v) is 13.6. The van der Waals surface area contributed by atoms with Gasteiger partial charge in [-0.25, -0.2) is 0 Å². The van der Waals surface area contributed by atoms with Crippen LogP contribution in [0.4, 0.5) is 18.9 Å². The van der Waals surface area contributed by atoms with Gasteiger partial charge in [0.05, 0.1) is 23.4 Å². The van der Waals surface area contributed by atoms with Crippen LogP contribution in [0, 0.1) is 10.1 Å². The number of allylic oxidation sites excluding steroid dienone is 1. The van der Waals surface area contributed by atoms with Crippen molar-refractivity contribution >= 4 is 17.3 Å². The van der Waals surface area contributed by atoms with Gasteiger partial charge in [0.2, 0.25) is 5.78 Å². The Bertz CT molecular complexity index is 710. The van der Waals surface area contributed by atoms with E-state index in [-0.39, 0.29) is 19.1 Å². The minimum absolute atomic E-state index is 0.000913. The second-order valence-corrected chi connectivity index (χ2v) is 4.98. The van der Waals surface area contributed by atoms with Gasteiger partial charge in [-0.2, -0.15) is 13.2 Å². The van der Waals surface area contributed by atoms with Crippen LogP contribution in [-0.4, -0.2) is 23.1 Å². The van der Waals surface area contributed by atoms with Gasteiger partial charge in [0, 0.05) is 12.5 Å². The molecule has 9 heteroatoms. The van der Waals surface area contributed by atoms with Crippen LogP contribution < -0.4 is 0 Å². The Morgan fingerprint density at radius 1 is 1.28 bits per heavy atom. The van der Waals surface area contributed by atoms with E-state index in [9.17, 15) is 32.9 Å². The van der Waals surface area contributed by atoms with Crippen LogP contribution in [0.5, 0.6) is 0 Å². The summed E-state index contributed by atoms with van der Waals surface area (Å²) in [6.45, 7) is 3.44. The quantitative estimate of drug-likeness (QED) is 0.133. The number of nitrogens with zero attached hydrogens (tertiary/aromatic N) is 1. The Labute approximate surface area is 141 Å². The molecule has 136 valence electrons. The zero-order valence-electron chi connectivity index (χ0n) is 13.6. The van der Waals surface area contributed by atoms with Crippen LogP contribution in [0.2, 0.25) is 0 Å². The highest BCUT2D eigenvalue weighted by Gasteiger charge is 2.35. The molecule has 0 amide bonds. The predicted molar refractivity (Wildman–Crippen MR) is 82.1 cm³/mol. The first-order chi connectivity index (χ1) is 11.6. The summed E-state index contributed by atoms with van der Waals surface area (Å²) in [6.07, 6.45) is -3.49. The number of nitro groups is 1. The molecule has 0 saturated heterocycles. The number of halogens is 3. The molecule has 0 N–H and O–H groups in total. The van der Waals surface area contributed by atoms with Crippen LogP contribution in [0.1, 0.15) is 42.6 Å². The summed E-state index contributed by atoms with van der Waals surface area (Å²) in [6, 6.07) is 1.53. The van der Waals surface area contributed by atoms with Crippen molar-refractivity contribution in [3.63, 3.8) is 0 Å². The van der Waals surface area contributed by atoms with E-state index >= 15 is 0 Å². The van der Waals surface area contributed by atoms with Gasteiger partial charge in [-0.05, 0) is 25.5 Å². The average Bonchev–Trinajstić information content (AvgIpc) is 2.53. The number of nitro benzene ring substituents is 1. The summed E-state index contributed by atoms with van der Waals surface area (Å²) in [4.78, 5) is 34.5. The maximum atomic E-state index is 12.7. The topological polar surface area (TPSA) is 86.5 Å². The van der Waals surface area contributed by atoms with Crippen molar-refractivity contribution in [3.8, 4) is 0 Å². The van der Waals surface area contributed by atoms with Crippen molar-refractivity contribution in [2.75, 3.05) is 6.61 Å². The molecule has 0 saturated carbocycles. The Balaban J connectivity index is 3.43. The molecule has 0 aliphatic rings. The summed E-state index contributed by atoms with van der Waals surface area (Å²) in [5.74, 6) is -1.65. The molecule has 0 atom stereocenters. The highest BCUT2D eigenvalue weighted by Crippen LogP contribution is 2.33. The lowest BCUT2D eigenvalue weighted by atomic mass is 9.96. The number of hydrogen-bond acceptors (Lipinski definition) is 5. The Hall–Kier alpha value is -2.71. The van der Waals surface area contributed by atoms with Gasteiger partial charge in [0.1, 0.15) is 11.1 Å². The lowest BCUT2D eigenvalue weighted by molar-refractivity contribution is -0.385. The monoisotopic (exact) mass is 359 g/mol. The first kappa shape index (κ1) is 20.3. The molecular weight excluding hydrogens is 343 g/mol. The van der Waals surface area contributed by atoms with Crippen LogP contribution in [-0.2, 0) is 15.7 Å². The fraction of sp³-hybridized carbons (Fsp3) is 0.375. The van der Waals surface area contributed by atoms with Crippen LogP contribution in [0.15, 0.2) is 30.0 Å². The highest BCUT2D eigenvalue weighted by atomic mass is 19.4. The molecule has 1 aromatic rings. The molecule has 25 heavy (non-hydrogen) atoms. The molecule has 0 radical (unpaired) electrons. The molecule has 1 aromatic carbocycles. The van der Waals surface area contributed by atoms with E-state index in [1.807, 2.05) is 0 Å². The van der Waals surface area contributed by atoms with Gasteiger partial charge in [0.25, 0.3) is 5.69 Å². The number of carbonyl (C=O) groups is 2. The van der Waals surface area contributed by atoms with Gasteiger partial charge in [0.15, 0.2) is 5.78 Å². The number of rotatable bonds is 8. The number of ketones is 2. The molecule has 0 spiro atoms. The zero-order chi connectivity index (χ0) is 19.2. The van der Waals surface area contributed by atoms with Gasteiger partial charge >= 0.3 is 6.18 Å². The summed E-state index contributed by atoms with van der Waals surface area (Å²) in [7, 11) is 0. The van der Waals surface area contributed by atoms with Crippen LogP contribution in [0.3, 0.4) is 0 Å². The van der Waals surface area contributed by atoms with Crippen molar-refractivity contribution < 1.29 is 32.4 Å². The van der Waals surface area contributed by atoms with Crippen molar-refractivity contribution in [1.82, 2.24) is 0 Å². The highest BCUT2D eigenvalue weighted by molar-refractivity contribution is 6.27. The Morgan fingerprint density at radius 3 is 2.40 bits per heavy atom. The Kier molecular flexibility index (Phi) is 6.84. The predicted octanol–water partition coefficient (Wildman–Crippen LogP) is 4.09. The molecule has 0 aliphatic carbocycles. The SMILES string of the molecule is CCCC(=O)/C(=C/OCC)C(=O)c1ccc(C(F)(F)F)cc1[N+](=O)[O-]. The average molecular weight is 359 g/mol. The van der Waals surface area contributed by atoms with Gasteiger partial charge in [-0.3, -0.25) is 19.7 Å². The minimum atomic E-state index is -4.80. The maximum Gasteiger partial charge on any atom is 0.416 e.